The maximum Gasteiger partial charge on any atom is 0.231 e. The highest BCUT2D eigenvalue weighted by molar-refractivity contribution is 5.92. The number of rotatable bonds is 6. The highest BCUT2D eigenvalue weighted by Crippen LogP contribution is 2.27. The number of hydrogen-bond acceptors (Lipinski definition) is 5. The molecule has 0 fully saturated rings. The average molecular weight is 328 g/mol. The Morgan fingerprint density at radius 3 is 2.96 bits per heavy atom. The minimum atomic E-state index is -0.211. The monoisotopic (exact) mass is 328 g/mol. The van der Waals surface area contributed by atoms with Crippen molar-refractivity contribution >= 4 is 11.6 Å². The first-order valence-electron chi connectivity index (χ1n) is 7.85. The van der Waals surface area contributed by atoms with Gasteiger partial charge in [0.25, 0.3) is 0 Å². The van der Waals surface area contributed by atoms with Gasteiger partial charge in [-0.15, -0.1) is 0 Å². The van der Waals surface area contributed by atoms with Crippen molar-refractivity contribution < 1.29 is 19.0 Å². The van der Waals surface area contributed by atoms with Crippen LogP contribution in [0.1, 0.15) is 5.56 Å². The molecule has 3 rings (SSSR count). The number of anilines is 1. The number of hydrogen-bond donors (Lipinski definition) is 1. The molecule has 0 aliphatic carbocycles. The fraction of sp³-hybridized carbons (Fsp3) is 0.333. The van der Waals surface area contributed by atoms with Gasteiger partial charge in [0.1, 0.15) is 19.0 Å². The molecule has 6 nitrogen and oxygen atoms in total. The third-order valence-corrected chi connectivity index (χ3v) is 3.79. The molecule has 24 heavy (non-hydrogen) atoms. The Morgan fingerprint density at radius 2 is 2.17 bits per heavy atom. The van der Waals surface area contributed by atoms with Crippen LogP contribution in [-0.2, 0) is 16.0 Å². The van der Waals surface area contributed by atoms with Gasteiger partial charge in [0, 0.05) is 13.2 Å². The normalized spacial score (nSPS) is 16.0. The number of pyridine rings is 1. The maximum atomic E-state index is 12.4. The number of methoxy groups -OCH3 is 1. The van der Waals surface area contributed by atoms with E-state index in [0.717, 1.165) is 11.3 Å². The Labute approximate surface area is 140 Å². The number of benzene rings is 1. The van der Waals surface area contributed by atoms with Gasteiger partial charge >= 0.3 is 0 Å². The van der Waals surface area contributed by atoms with Crippen LogP contribution in [0.3, 0.4) is 0 Å². The predicted octanol–water partition coefficient (Wildman–Crippen LogP) is 2.30. The van der Waals surface area contributed by atoms with Crippen molar-refractivity contribution in [2.45, 2.75) is 6.42 Å². The molecular formula is C18H20N2O4. The van der Waals surface area contributed by atoms with Crippen molar-refractivity contribution in [3.63, 3.8) is 0 Å². The maximum absolute atomic E-state index is 12.4. The van der Waals surface area contributed by atoms with E-state index in [1.165, 1.54) is 0 Å². The number of nitrogens with zero attached hydrogens (tertiary/aromatic N) is 1. The molecule has 0 spiro atoms. The highest BCUT2D eigenvalue weighted by atomic mass is 16.5. The van der Waals surface area contributed by atoms with Gasteiger partial charge in [0.05, 0.1) is 24.4 Å². The molecule has 1 aromatic heterocycles. The molecule has 1 aliphatic heterocycles. The fourth-order valence-corrected chi connectivity index (χ4v) is 2.51. The molecular weight excluding hydrogens is 308 g/mol. The van der Waals surface area contributed by atoms with Gasteiger partial charge in [-0.05, 0) is 24.1 Å². The third-order valence-electron chi connectivity index (χ3n) is 3.79. The van der Waals surface area contributed by atoms with Crippen LogP contribution in [-0.4, -0.2) is 37.8 Å². The van der Waals surface area contributed by atoms with Crippen LogP contribution in [0.5, 0.6) is 11.6 Å². The SMILES string of the molecule is COCCOc1ccc(NC(=O)[C@H]2COc3ccccc3C2)cn1. The Morgan fingerprint density at radius 1 is 1.29 bits per heavy atom. The second-order valence-electron chi connectivity index (χ2n) is 5.54. The summed E-state index contributed by atoms with van der Waals surface area (Å²) in [5.41, 5.74) is 1.70. The zero-order valence-electron chi connectivity index (χ0n) is 13.5. The summed E-state index contributed by atoms with van der Waals surface area (Å²) in [7, 11) is 1.61. The molecule has 0 unspecified atom stereocenters. The molecule has 0 bridgehead atoms. The van der Waals surface area contributed by atoms with Crippen LogP contribution in [0, 0.1) is 5.92 Å². The lowest BCUT2D eigenvalue weighted by molar-refractivity contribution is -0.121. The zero-order valence-corrected chi connectivity index (χ0v) is 13.5. The summed E-state index contributed by atoms with van der Waals surface area (Å²) in [6, 6.07) is 11.3. The first-order chi connectivity index (χ1) is 11.8. The van der Waals surface area contributed by atoms with E-state index in [0.29, 0.717) is 37.8 Å². The number of amides is 1. The lowest BCUT2D eigenvalue weighted by atomic mass is 9.96. The van der Waals surface area contributed by atoms with Crippen LogP contribution in [0.4, 0.5) is 5.69 Å². The number of ether oxygens (including phenoxy) is 3. The van der Waals surface area contributed by atoms with E-state index in [9.17, 15) is 4.79 Å². The average Bonchev–Trinajstić information content (AvgIpc) is 2.63. The van der Waals surface area contributed by atoms with E-state index in [4.69, 9.17) is 14.2 Å². The molecule has 0 saturated heterocycles. The molecule has 1 amide bonds. The third kappa shape index (κ3) is 4.02. The Hall–Kier alpha value is -2.60. The minimum absolute atomic E-state index is 0.0700. The van der Waals surface area contributed by atoms with Crippen molar-refractivity contribution in [2.24, 2.45) is 5.92 Å². The van der Waals surface area contributed by atoms with Gasteiger partial charge < -0.3 is 19.5 Å². The van der Waals surface area contributed by atoms with Gasteiger partial charge in [-0.25, -0.2) is 4.98 Å². The summed E-state index contributed by atoms with van der Waals surface area (Å²) >= 11 is 0. The quantitative estimate of drug-likeness (QED) is 0.824. The highest BCUT2D eigenvalue weighted by Gasteiger charge is 2.25. The van der Waals surface area contributed by atoms with E-state index in [1.54, 1.807) is 25.4 Å². The van der Waals surface area contributed by atoms with Gasteiger partial charge in [0.2, 0.25) is 11.8 Å². The summed E-state index contributed by atoms with van der Waals surface area (Å²) in [6.45, 7) is 1.33. The first kappa shape index (κ1) is 16.3. The molecule has 126 valence electrons. The van der Waals surface area contributed by atoms with Crippen molar-refractivity contribution in [3.8, 4) is 11.6 Å². The number of fused-ring (bicyclic) bond motifs is 1. The van der Waals surface area contributed by atoms with E-state index in [2.05, 4.69) is 10.3 Å². The van der Waals surface area contributed by atoms with E-state index >= 15 is 0 Å². The number of para-hydroxylation sites is 1. The molecule has 1 aromatic carbocycles. The van der Waals surface area contributed by atoms with Crippen molar-refractivity contribution in [1.82, 2.24) is 4.98 Å². The van der Waals surface area contributed by atoms with Crippen LogP contribution in [0.2, 0.25) is 0 Å². The Balaban J connectivity index is 1.55. The first-order valence-corrected chi connectivity index (χ1v) is 7.85. The van der Waals surface area contributed by atoms with Crippen molar-refractivity contribution in [3.05, 3.63) is 48.2 Å². The lowest BCUT2D eigenvalue weighted by Crippen LogP contribution is -2.32. The van der Waals surface area contributed by atoms with Gasteiger partial charge in [-0.2, -0.15) is 0 Å². The van der Waals surface area contributed by atoms with Crippen LogP contribution >= 0.6 is 0 Å². The number of carbonyl (C=O) groups is 1. The van der Waals surface area contributed by atoms with Gasteiger partial charge in [-0.1, -0.05) is 18.2 Å². The van der Waals surface area contributed by atoms with Crippen LogP contribution in [0.15, 0.2) is 42.6 Å². The summed E-state index contributed by atoms with van der Waals surface area (Å²) in [6.07, 6.45) is 2.26. The van der Waals surface area contributed by atoms with Gasteiger partial charge in [0.15, 0.2) is 0 Å². The summed E-state index contributed by atoms with van der Waals surface area (Å²) in [5, 5.41) is 2.88. The molecule has 1 aliphatic rings. The largest absolute Gasteiger partial charge is 0.492 e. The van der Waals surface area contributed by atoms with Crippen LogP contribution in [0.25, 0.3) is 0 Å². The van der Waals surface area contributed by atoms with Crippen molar-refractivity contribution in [2.75, 3.05) is 32.2 Å². The van der Waals surface area contributed by atoms with E-state index < -0.39 is 0 Å². The topological polar surface area (TPSA) is 69.7 Å². The second kappa shape index (κ2) is 7.79. The Kier molecular flexibility index (Phi) is 5.28. The summed E-state index contributed by atoms with van der Waals surface area (Å²) < 4.78 is 16.0. The Bertz CT molecular complexity index is 688. The summed E-state index contributed by atoms with van der Waals surface area (Å²) in [4.78, 5) is 16.6. The predicted molar refractivity (Wildman–Crippen MR) is 89.4 cm³/mol. The molecule has 2 aromatic rings. The van der Waals surface area contributed by atoms with Gasteiger partial charge in [-0.3, -0.25) is 4.79 Å². The fourth-order valence-electron chi connectivity index (χ4n) is 2.51. The number of nitrogens with one attached hydrogen (secondary N) is 1. The number of carbonyl (C=O) groups excluding carboxylic acids is 1. The molecule has 0 saturated carbocycles. The van der Waals surface area contributed by atoms with E-state index in [-0.39, 0.29) is 11.8 Å². The molecule has 2 heterocycles. The standard InChI is InChI=1S/C18H20N2O4/c1-22-8-9-23-17-7-6-15(11-19-17)20-18(21)14-10-13-4-2-3-5-16(13)24-12-14/h2-7,11,14H,8-10,12H2,1H3,(H,20,21)/t14-/m1/s1. The molecule has 0 radical (unpaired) electrons. The molecule has 1 N–H and O–H groups in total. The van der Waals surface area contributed by atoms with Crippen molar-refractivity contribution in [1.29, 1.82) is 0 Å². The lowest BCUT2D eigenvalue weighted by Gasteiger charge is -2.24. The summed E-state index contributed by atoms with van der Waals surface area (Å²) in [5.74, 6) is 1.08. The zero-order chi connectivity index (χ0) is 16.8. The molecule has 6 heteroatoms. The second-order valence-corrected chi connectivity index (χ2v) is 5.54. The smallest absolute Gasteiger partial charge is 0.231 e. The van der Waals surface area contributed by atoms with Crippen LogP contribution < -0.4 is 14.8 Å². The number of aromatic nitrogens is 1. The van der Waals surface area contributed by atoms with E-state index in [1.807, 2.05) is 24.3 Å². The minimum Gasteiger partial charge on any atom is -0.492 e. The molecule has 1 atom stereocenters.